The van der Waals surface area contributed by atoms with Crippen LogP contribution in [-0.4, -0.2) is 19.3 Å². The Labute approximate surface area is 110 Å². The van der Waals surface area contributed by atoms with Gasteiger partial charge in [-0.15, -0.1) is 0 Å². The lowest BCUT2D eigenvalue weighted by Crippen LogP contribution is -2.45. The van der Waals surface area contributed by atoms with E-state index in [9.17, 15) is 4.39 Å². The topological polar surface area (TPSA) is 21.3 Å². The Morgan fingerprint density at radius 2 is 2.18 bits per heavy atom. The van der Waals surface area contributed by atoms with Crippen molar-refractivity contribution in [2.75, 3.05) is 7.11 Å². The molecule has 1 aromatic carbocycles. The summed E-state index contributed by atoms with van der Waals surface area (Å²) in [5.41, 5.74) is 0.709. The number of nitrogens with one attached hydrogen (secondary N) is 1. The highest BCUT2D eigenvalue weighted by atomic mass is 79.9. The van der Waals surface area contributed by atoms with E-state index < -0.39 is 0 Å². The summed E-state index contributed by atoms with van der Waals surface area (Å²) < 4.78 is 19.8. The Bertz CT molecular complexity index is 393. The van der Waals surface area contributed by atoms with Crippen LogP contribution in [-0.2, 0) is 4.74 Å². The zero-order valence-electron chi connectivity index (χ0n) is 10.0. The zero-order chi connectivity index (χ0) is 12.4. The number of rotatable bonds is 4. The molecule has 1 N–H and O–H groups in total. The summed E-state index contributed by atoms with van der Waals surface area (Å²) in [4.78, 5) is 0. The second-order valence-electron chi connectivity index (χ2n) is 4.58. The lowest BCUT2D eigenvalue weighted by molar-refractivity contribution is 0.0146. The highest BCUT2D eigenvalue weighted by Crippen LogP contribution is 2.27. The Balaban J connectivity index is 1.95. The molecule has 94 valence electrons. The van der Waals surface area contributed by atoms with Crippen molar-refractivity contribution in [3.05, 3.63) is 34.1 Å². The quantitative estimate of drug-likeness (QED) is 0.920. The molecule has 0 amide bonds. The number of benzene rings is 1. The van der Waals surface area contributed by atoms with Crippen LogP contribution in [0.5, 0.6) is 0 Å². The molecule has 0 spiro atoms. The largest absolute Gasteiger partial charge is 0.381 e. The standard InChI is InChI=1S/C13H17BrFNO/c1-8(16-10-6-11(7-10)17-2)12-5-9(14)3-4-13(12)15/h3-5,8,10-11,16H,6-7H2,1-2H3. The number of hydrogen-bond acceptors (Lipinski definition) is 2. The fraction of sp³-hybridized carbons (Fsp3) is 0.538. The predicted octanol–water partition coefficient (Wildman–Crippen LogP) is 3.42. The predicted molar refractivity (Wildman–Crippen MR) is 69.5 cm³/mol. The maximum atomic E-state index is 13.6. The summed E-state index contributed by atoms with van der Waals surface area (Å²) in [6.07, 6.45) is 2.39. The SMILES string of the molecule is COC1CC(NC(C)c2cc(Br)ccc2F)C1. The van der Waals surface area contributed by atoms with Gasteiger partial charge in [-0.3, -0.25) is 0 Å². The first-order valence-electron chi connectivity index (χ1n) is 5.84. The van der Waals surface area contributed by atoms with Crippen LogP contribution in [0, 0.1) is 5.82 Å². The van der Waals surface area contributed by atoms with Crippen LogP contribution in [0.2, 0.25) is 0 Å². The van der Waals surface area contributed by atoms with Crippen molar-refractivity contribution in [1.82, 2.24) is 5.32 Å². The first kappa shape index (κ1) is 13.0. The number of ether oxygens (including phenoxy) is 1. The van der Waals surface area contributed by atoms with Gasteiger partial charge in [0.1, 0.15) is 5.82 Å². The molecule has 4 heteroatoms. The fourth-order valence-corrected chi connectivity index (χ4v) is 2.56. The van der Waals surface area contributed by atoms with Crippen LogP contribution in [0.3, 0.4) is 0 Å². The minimum atomic E-state index is -0.157. The van der Waals surface area contributed by atoms with E-state index in [4.69, 9.17) is 4.74 Å². The third-order valence-electron chi connectivity index (χ3n) is 3.34. The third kappa shape index (κ3) is 3.06. The summed E-state index contributed by atoms with van der Waals surface area (Å²) in [6.45, 7) is 1.99. The molecule has 2 nitrogen and oxygen atoms in total. The van der Waals surface area contributed by atoms with Gasteiger partial charge in [-0.05, 0) is 38.0 Å². The maximum absolute atomic E-state index is 13.6. The van der Waals surface area contributed by atoms with Crippen LogP contribution in [0.1, 0.15) is 31.4 Å². The zero-order valence-corrected chi connectivity index (χ0v) is 11.6. The van der Waals surface area contributed by atoms with E-state index in [0.717, 1.165) is 17.3 Å². The highest BCUT2D eigenvalue weighted by Gasteiger charge is 2.30. The molecular weight excluding hydrogens is 285 g/mol. The Morgan fingerprint density at radius 3 is 2.82 bits per heavy atom. The van der Waals surface area contributed by atoms with Gasteiger partial charge >= 0.3 is 0 Å². The molecule has 0 saturated heterocycles. The monoisotopic (exact) mass is 301 g/mol. The van der Waals surface area contributed by atoms with E-state index in [0.29, 0.717) is 17.7 Å². The van der Waals surface area contributed by atoms with Crippen molar-refractivity contribution in [2.24, 2.45) is 0 Å². The van der Waals surface area contributed by atoms with Crippen molar-refractivity contribution in [3.8, 4) is 0 Å². The first-order chi connectivity index (χ1) is 8.10. The van der Waals surface area contributed by atoms with Gasteiger partial charge in [0, 0.05) is 29.2 Å². The number of halogens is 2. The van der Waals surface area contributed by atoms with E-state index in [1.165, 1.54) is 6.07 Å². The molecule has 1 atom stereocenters. The van der Waals surface area contributed by atoms with E-state index >= 15 is 0 Å². The third-order valence-corrected chi connectivity index (χ3v) is 3.83. The lowest BCUT2D eigenvalue weighted by atomic mass is 9.88. The molecule has 0 radical (unpaired) electrons. The molecule has 0 aliphatic heterocycles. The summed E-state index contributed by atoms with van der Waals surface area (Å²) in [6, 6.07) is 5.51. The Morgan fingerprint density at radius 1 is 1.47 bits per heavy atom. The van der Waals surface area contributed by atoms with E-state index in [-0.39, 0.29) is 11.9 Å². The van der Waals surface area contributed by atoms with Crippen LogP contribution in [0.15, 0.2) is 22.7 Å². The van der Waals surface area contributed by atoms with Gasteiger partial charge in [-0.1, -0.05) is 15.9 Å². The van der Waals surface area contributed by atoms with Gasteiger partial charge in [0.15, 0.2) is 0 Å². The van der Waals surface area contributed by atoms with Crippen LogP contribution < -0.4 is 5.32 Å². The van der Waals surface area contributed by atoms with Crippen molar-refractivity contribution in [1.29, 1.82) is 0 Å². The molecule has 1 unspecified atom stereocenters. The van der Waals surface area contributed by atoms with Gasteiger partial charge in [0.05, 0.1) is 6.10 Å². The van der Waals surface area contributed by atoms with Crippen LogP contribution in [0.4, 0.5) is 4.39 Å². The first-order valence-corrected chi connectivity index (χ1v) is 6.63. The van der Waals surface area contributed by atoms with E-state index in [1.807, 2.05) is 13.0 Å². The second kappa shape index (κ2) is 5.46. The van der Waals surface area contributed by atoms with Gasteiger partial charge < -0.3 is 10.1 Å². The summed E-state index contributed by atoms with van der Waals surface area (Å²) >= 11 is 3.37. The minimum absolute atomic E-state index is 0.0234. The lowest BCUT2D eigenvalue weighted by Gasteiger charge is -2.36. The molecule has 1 aromatic rings. The van der Waals surface area contributed by atoms with E-state index in [1.54, 1.807) is 13.2 Å². The van der Waals surface area contributed by atoms with Crippen LogP contribution in [0.25, 0.3) is 0 Å². The molecule has 0 bridgehead atoms. The normalized spacial score (nSPS) is 25.4. The maximum Gasteiger partial charge on any atom is 0.128 e. The van der Waals surface area contributed by atoms with Crippen molar-refractivity contribution < 1.29 is 9.13 Å². The molecular formula is C13H17BrFNO. The smallest absolute Gasteiger partial charge is 0.128 e. The molecule has 0 heterocycles. The Hall–Kier alpha value is -0.450. The van der Waals surface area contributed by atoms with Crippen LogP contribution >= 0.6 is 15.9 Å². The molecule has 17 heavy (non-hydrogen) atoms. The van der Waals surface area contributed by atoms with Gasteiger partial charge in [-0.25, -0.2) is 4.39 Å². The summed E-state index contributed by atoms with van der Waals surface area (Å²) in [5, 5.41) is 3.42. The molecule has 2 rings (SSSR count). The summed E-state index contributed by atoms with van der Waals surface area (Å²) in [7, 11) is 1.73. The second-order valence-corrected chi connectivity index (χ2v) is 5.50. The molecule has 1 fully saturated rings. The minimum Gasteiger partial charge on any atom is -0.381 e. The molecule has 1 aliphatic carbocycles. The summed E-state index contributed by atoms with van der Waals surface area (Å²) in [5.74, 6) is -0.157. The average molecular weight is 302 g/mol. The van der Waals surface area contributed by atoms with Crippen molar-refractivity contribution >= 4 is 15.9 Å². The van der Waals surface area contributed by atoms with Gasteiger partial charge in [-0.2, -0.15) is 0 Å². The van der Waals surface area contributed by atoms with E-state index in [2.05, 4.69) is 21.2 Å². The van der Waals surface area contributed by atoms with Gasteiger partial charge in [0.25, 0.3) is 0 Å². The number of methoxy groups -OCH3 is 1. The molecule has 1 aliphatic rings. The average Bonchev–Trinajstić information content (AvgIpc) is 2.25. The molecule has 0 aromatic heterocycles. The fourth-order valence-electron chi connectivity index (χ4n) is 2.18. The van der Waals surface area contributed by atoms with Gasteiger partial charge in [0.2, 0.25) is 0 Å². The van der Waals surface area contributed by atoms with Crippen molar-refractivity contribution in [3.63, 3.8) is 0 Å². The highest BCUT2D eigenvalue weighted by molar-refractivity contribution is 9.10. The molecule has 1 saturated carbocycles. The Kier molecular flexibility index (Phi) is 4.17. The van der Waals surface area contributed by atoms with Crippen molar-refractivity contribution in [2.45, 2.75) is 38.0 Å². The number of hydrogen-bond donors (Lipinski definition) is 1.